The third-order valence-electron chi connectivity index (χ3n) is 4.20. The first kappa shape index (κ1) is 13.8. The van der Waals surface area contributed by atoms with Gasteiger partial charge in [-0.1, -0.05) is 0 Å². The van der Waals surface area contributed by atoms with Crippen molar-refractivity contribution in [1.82, 2.24) is 19.9 Å². The summed E-state index contributed by atoms with van der Waals surface area (Å²) in [6.07, 6.45) is 7.96. The summed E-state index contributed by atoms with van der Waals surface area (Å²) >= 11 is 0. The van der Waals surface area contributed by atoms with Crippen molar-refractivity contribution < 1.29 is 0 Å². The summed E-state index contributed by atoms with van der Waals surface area (Å²) in [5, 5.41) is 0. The Hall–Kier alpha value is -3.60. The number of rotatable bonds is 0. The molecule has 0 atom stereocenters. The second-order valence-electron chi connectivity index (χ2n) is 6.13. The quantitative estimate of drug-likeness (QED) is 0.398. The highest BCUT2D eigenvalue weighted by Gasteiger charge is 2.03. The van der Waals surface area contributed by atoms with Crippen molar-refractivity contribution in [1.29, 1.82) is 0 Å². The van der Waals surface area contributed by atoms with Gasteiger partial charge in [0.05, 0.1) is 34.0 Å². The van der Waals surface area contributed by atoms with Crippen LogP contribution in [0, 0.1) is 0 Å². The number of nitrogen functional groups attached to an aromatic ring is 1. The molecule has 8 bridgehead atoms. The maximum atomic E-state index is 6.13. The van der Waals surface area contributed by atoms with Crippen molar-refractivity contribution in [3.05, 3.63) is 65.2 Å². The van der Waals surface area contributed by atoms with Gasteiger partial charge in [0, 0.05) is 16.6 Å². The molecule has 25 heavy (non-hydrogen) atoms. The summed E-state index contributed by atoms with van der Waals surface area (Å²) in [5.74, 6) is 0. The Kier molecular flexibility index (Phi) is 2.87. The number of hydrogen-bond donors (Lipinski definition) is 3. The minimum atomic E-state index is 0.691. The number of nitrogens with two attached hydrogens (primary N) is 1. The van der Waals surface area contributed by atoms with Gasteiger partial charge in [0.25, 0.3) is 0 Å². The molecule has 2 aliphatic rings. The molecule has 0 aliphatic carbocycles. The van der Waals surface area contributed by atoms with Gasteiger partial charge in [0.15, 0.2) is 0 Å². The molecular weight excluding hydrogens is 310 g/mol. The average molecular weight is 325 g/mol. The van der Waals surface area contributed by atoms with E-state index >= 15 is 0 Å². The number of fused-ring (bicyclic) bond motifs is 8. The van der Waals surface area contributed by atoms with Gasteiger partial charge < -0.3 is 15.7 Å². The number of hydrogen-bond acceptors (Lipinski definition) is 3. The maximum Gasteiger partial charge on any atom is 0.0659 e. The van der Waals surface area contributed by atoms with Gasteiger partial charge in [-0.2, -0.15) is 0 Å². The van der Waals surface area contributed by atoms with Crippen LogP contribution in [0.1, 0.15) is 22.8 Å². The summed E-state index contributed by atoms with van der Waals surface area (Å²) in [4.78, 5) is 15.9. The molecule has 3 aromatic heterocycles. The molecule has 0 saturated heterocycles. The van der Waals surface area contributed by atoms with Crippen LogP contribution in [0.15, 0.2) is 42.5 Å². The van der Waals surface area contributed by atoms with E-state index in [-0.39, 0.29) is 0 Å². The molecule has 0 aromatic carbocycles. The predicted molar refractivity (Wildman–Crippen MR) is 103 cm³/mol. The fourth-order valence-corrected chi connectivity index (χ4v) is 3.04. The third-order valence-corrected chi connectivity index (χ3v) is 4.20. The van der Waals surface area contributed by atoms with Crippen LogP contribution in [0.3, 0.4) is 0 Å². The molecule has 120 valence electrons. The van der Waals surface area contributed by atoms with Crippen LogP contribution >= 0.6 is 0 Å². The Morgan fingerprint density at radius 3 is 1.72 bits per heavy atom. The molecule has 0 radical (unpaired) electrons. The van der Waals surface area contributed by atoms with Crippen LogP contribution in [0.2, 0.25) is 0 Å². The van der Waals surface area contributed by atoms with Gasteiger partial charge in [-0.05, 0) is 66.8 Å². The lowest BCUT2D eigenvalue weighted by Gasteiger charge is -1.86. The molecule has 0 unspecified atom stereocenters. The molecule has 5 heteroatoms. The molecular formula is C20H15N5. The summed E-state index contributed by atoms with van der Waals surface area (Å²) in [6, 6.07) is 14.0. The van der Waals surface area contributed by atoms with Crippen LogP contribution in [0.25, 0.3) is 46.4 Å². The van der Waals surface area contributed by atoms with Gasteiger partial charge in [-0.15, -0.1) is 0 Å². The van der Waals surface area contributed by atoms with Crippen molar-refractivity contribution in [3.8, 4) is 0 Å². The van der Waals surface area contributed by atoms with Crippen molar-refractivity contribution >= 4 is 52.1 Å². The second kappa shape index (κ2) is 5.21. The Bertz CT molecular complexity index is 1210. The van der Waals surface area contributed by atoms with E-state index in [4.69, 9.17) is 5.73 Å². The Balaban J connectivity index is 1.87. The fraction of sp³-hybridized carbons (Fsp3) is 0. The lowest BCUT2D eigenvalue weighted by Crippen LogP contribution is -1.80. The molecule has 3 aromatic rings. The molecule has 5 rings (SSSR count). The minimum absolute atomic E-state index is 0.691. The van der Waals surface area contributed by atoms with Crippen molar-refractivity contribution in [3.63, 3.8) is 0 Å². The summed E-state index contributed by atoms with van der Waals surface area (Å²) in [7, 11) is 0. The first-order chi connectivity index (χ1) is 12.2. The van der Waals surface area contributed by atoms with Crippen LogP contribution in [0.4, 0.5) is 5.69 Å². The first-order valence-corrected chi connectivity index (χ1v) is 8.05. The second-order valence-corrected chi connectivity index (χ2v) is 6.13. The number of nitrogens with zero attached hydrogens (tertiary/aromatic N) is 2. The van der Waals surface area contributed by atoms with Gasteiger partial charge in [0.1, 0.15) is 0 Å². The van der Waals surface area contributed by atoms with E-state index in [2.05, 4.69) is 19.9 Å². The molecule has 5 nitrogen and oxygen atoms in total. The van der Waals surface area contributed by atoms with E-state index in [9.17, 15) is 0 Å². The molecule has 4 N–H and O–H groups in total. The predicted octanol–water partition coefficient (Wildman–Crippen LogP) is 4.24. The third kappa shape index (κ3) is 2.61. The minimum Gasteiger partial charge on any atom is -0.397 e. The highest BCUT2D eigenvalue weighted by Crippen LogP contribution is 2.20. The lowest BCUT2D eigenvalue weighted by molar-refractivity contribution is 1.31. The smallest absolute Gasteiger partial charge is 0.0659 e. The van der Waals surface area contributed by atoms with Crippen molar-refractivity contribution in [2.75, 3.05) is 5.73 Å². The van der Waals surface area contributed by atoms with E-state index < -0.39 is 0 Å². The zero-order valence-corrected chi connectivity index (χ0v) is 13.3. The lowest BCUT2D eigenvalue weighted by atomic mass is 10.3. The standard InChI is InChI=1S/C20H15N5/c21-19-10-18-9-16-4-3-14(23-16)7-12-1-2-13(22-12)8-15-5-6-17(24-15)11-20(19)25-18/h1-11,22,25H,21H2. The van der Waals surface area contributed by atoms with Gasteiger partial charge in [-0.25, -0.2) is 9.97 Å². The summed E-state index contributed by atoms with van der Waals surface area (Å²) in [5.41, 5.74) is 14.2. The van der Waals surface area contributed by atoms with Gasteiger partial charge in [0.2, 0.25) is 0 Å². The van der Waals surface area contributed by atoms with Gasteiger partial charge >= 0.3 is 0 Å². The normalized spacial score (nSPS) is 12.6. The number of aromatic nitrogens is 4. The van der Waals surface area contributed by atoms with Crippen LogP contribution < -0.4 is 5.73 Å². The first-order valence-electron chi connectivity index (χ1n) is 8.05. The average Bonchev–Trinajstić information content (AvgIpc) is 3.33. The molecule has 0 fully saturated rings. The molecule has 5 heterocycles. The molecule has 0 amide bonds. The Morgan fingerprint density at radius 2 is 1.12 bits per heavy atom. The largest absolute Gasteiger partial charge is 0.397 e. The van der Waals surface area contributed by atoms with E-state index in [0.717, 1.165) is 44.8 Å². The van der Waals surface area contributed by atoms with Crippen LogP contribution in [-0.2, 0) is 0 Å². The highest BCUT2D eigenvalue weighted by atomic mass is 14.8. The number of anilines is 1. The van der Waals surface area contributed by atoms with E-state index in [1.165, 1.54) is 0 Å². The zero-order valence-electron chi connectivity index (χ0n) is 13.3. The van der Waals surface area contributed by atoms with Crippen molar-refractivity contribution in [2.24, 2.45) is 0 Å². The number of nitrogens with one attached hydrogen (secondary N) is 2. The molecule has 2 aliphatic heterocycles. The van der Waals surface area contributed by atoms with E-state index in [0.29, 0.717) is 5.69 Å². The fourth-order valence-electron chi connectivity index (χ4n) is 3.04. The molecule has 0 spiro atoms. The van der Waals surface area contributed by atoms with Gasteiger partial charge in [-0.3, -0.25) is 0 Å². The van der Waals surface area contributed by atoms with E-state index in [1.54, 1.807) is 0 Å². The monoisotopic (exact) mass is 325 g/mol. The summed E-state index contributed by atoms with van der Waals surface area (Å²) < 4.78 is 0. The van der Waals surface area contributed by atoms with Crippen molar-refractivity contribution in [2.45, 2.75) is 0 Å². The topological polar surface area (TPSA) is 83.4 Å². The zero-order chi connectivity index (χ0) is 16.8. The Morgan fingerprint density at radius 1 is 0.600 bits per heavy atom. The maximum absolute atomic E-state index is 6.13. The number of H-pyrrole nitrogens is 2. The summed E-state index contributed by atoms with van der Waals surface area (Å²) in [6.45, 7) is 0. The SMILES string of the molecule is Nc1cc2cc3nc(cc4ccc(cc5nc(cc1[nH]2)C=C5)[nH]4)C=C3. The van der Waals surface area contributed by atoms with E-state index in [1.807, 2.05) is 66.8 Å². The Labute approximate surface area is 143 Å². The van der Waals surface area contributed by atoms with Crippen LogP contribution in [-0.4, -0.2) is 19.9 Å². The molecule has 0 saturated carbocycles. The highest BCUT2D eigenvalue weighted by molar-refractivity contribution is 5.82. The number of aromatic amines is 2. The van der Waals surface area contributed by atoms with Crippen LogP contribution in [0.5, 0.6) is 0 Å².